The predicted octanol–water partition coefficient (Wildman–Crippen LogP) is 3.33. The monoisotopic (exact) mass is 435 g/mol. The van der Waals surface area contributed by atoms with Crippen LogP contribution in [0.3, 0.4) is 0 Å². The van der Waals surface area contributed by atoms with Crippen LogP contribution in [0.5, 0.6) is 5.75 Å². The third kappa shape index (κ3) is 5.98. The minimum absolute atomic E-state index is 0.0274. The maximum atomic E-state index is 12.6. The Morgan fingerprint density at radius 3 is 2.53 bits per heavy atom. The minimum atomic E-state index is -0.512. The first-order valence-corrected chi connectivity index (χ1v) is 10.1. The van der Waals surface area contributed by atoms with Gasteiger partial charge in [-0.25, -0.2) is 0 Å². The maximum absolute atomic E-state index is 12.6. The molecule has 0 aliphatic heterocycles. The standard InChI is InChI=1S/C24H25N3O5/c1-15-7-9-20(16(2)13-15)31-14-17-8-10-21(32-17)24(30)27-19-6-4-3-5-18(19)23(29)26-12-11-22(25)28/h3-10,13H,11-12,14H2,1-2H3,(H2,25,28)(H,26,29)(H,27,30). The molecule has 0 saturated heterocycles. The van der Waals surface area contributed by atoms with E-state index in [2.05, 4.69) is 10.6 Å². The summed E-state index contributed by atoms with van der Waals surface area (Å²) >= 11 is 0. The molecule has 0 bridgehead atoms. The molecule has 1 heterocycles. The number of ether oxygens (including phenoxy) is 1. The number of hydrogen-bond acceptors (Lipinski definition) is 5. The first kappa shape index (κ1) is 22.6. The number of carbonyl (C=O) groups is 3. The third-order valence-electron chi connectivity index (χ3n) is 4.66. The van der Waals surface area contributed by atoms with Crippen molar-refractivity contribution in [3.8, 4) is 5.75 Å². The average molecular weight is 435 g/mol. The van der Waals surface area contributed by atoms with Gasteiger partial charge in [-0.3, -0.25) is 14.4 Å². The fourth-order valence-electron chi connectivity index (χ4n) is 3.06. The molecule has 4 N–H and O–H groups in total. The number of aryl methyl sites for hydroxylation is 2. The Morgan fingerprint density at radius 1 is 1.00 bits per heavy atom. The van der Waals surface area contributed by atoms with Crippen molar-refractivity contribution in [3.63, 3.8) is 0 Å². The number of benzene rings is 2. The van der Waals surface area contributed by atoms with Gasteiger partial charge in [0.15, 0.2) is 5.76 Å². The van der Waals surface area contributed by atoms with Crippen molar-refractivity contribution in [1.29, 1.82) is 0 Å². The third-order valence-corrected chi connectivity index (χ3v) is 4.66. The summed E-state index contributed by atoms with van der Waals surface area (Å²) in [6, 6.07) is 15.6. The molecule has 0 atom stereocenters. The molecule has 2 aromatic carbocycles. The quantitative estimate of drug-likeness (QED) is 0.476. The van der Waals surface area contributed by atoms with Crippen molar-refractivity contribution < 1.29 is 23.5 Å². The molecule has 0 aliphatic carbocycles. The van der Waals surface area contributed by atoms with Crippen molar-refractivity contribution in [2.24, 2.45) is 5.73 Å². The van der Waals surface area contributed by atoms with E-state index in [1.807, 2.05) is 32.0 Å². The number of rotatable bonds is 9. The van der Waals surface area contributed by atoms with Crippen molar-refractivity contribution >= 4 is 23.4 Å². The second kappa shape index (κ2) is 10.3. The van der Waals surface area contributed by atoms with Gasteiger partial charge >= 0.3 is 0 Å². The van der Waals surface area contributed by atoms with Crippen LogP contribution in [0.15, 0.2) is 59.0 Å². The molecule has 0 aliphatic rings. The van der Waals surface area contributed by atoms with Gasteiger partial charge < -0.3 is 25.5 Å². The fraction of sp³-hybridized carbons (Fsp3) is 0.208. The molecule has 0 unspecified atom stereocenters. The van der Waals surface area contributed by atoms with Crippen LogP contribution in [-0.2, 0) is 11.4 Å². The van der Waals surface area contributed by atoms with E-state index in [1.165, 1.54) is 0 Å². The molecular formula is C24H25N3O5. The van der Waals surface area contributed by atoms with Crippen molar-refractivity contribution in [3.05, 3.63) is 82.8 Å². The molecule has 1 aromatic heterocycles. The van der Waals surface area contributed by atoms with Crippen LogP contribution in [0.25, 0.3) is 0 Å². The fourth-order valence-corrected chi connectivity index (χ4v) is 3.06. The highest BCUT2D eigenvalue weighted by molar-refractivity contribution is 6.07. The number of nitrogens with two attached hydrogens (primary N) is 1. The lowest BCUT2D eigenvalue weighted by molar-refractivity contribution is -0.117. The van der Waals surface area contributed by atoms with E-state index in [1.54, 1.807) is 36.4 Å². The van der Waals surface area contributed by atoms with Gasteiger partial charge in [0.25, 0.3) is 11.8 Å². The number of furan rings is 1. The van der Waals surface area contributed by atoms with Crippen LogP contribution in [0.2, 0.25) is 0 Å². The van der Waals surface area contributed by atoms with Crippen LogP contribution in [-0.4, -0.2) is 24.3 Å². The molecule has 0 saturated carbocycles. The second-order valence-corrected chi connectivity index (χ2v) is 7.30. The average Bonchev–Trinajstić information content (AvgIpc) is 3.22. The Kier molecular flexibility index (Phi) is 7.28. The van der Waals surface area contributed by atoms with Crippen LogP contribution in [0.4, 0.5) is 5.69 Å². The van der Waals surface area contributed by atoms with Crippen LogP contribution in [0.1, 0.15) is 44.2 Å². The minimum Gasteiger partial charge on any atom is -0.485 e. The van der Waals surface area contributed by atoms with Gasteiger partial charge in [0.05, 0.1) is 11.3 Å². The Morgan fingerprint density at radius 2 is 1.78 bits per heavy atom. The largest absolute Gasteiger partial charge is 0.485 e. The molecule has 0 radical (unpaired) electrons. The highest BCUT2D eigenvalue weighted by Gasteiger charge is 2.17. The summed E-state index contributed by atoms with van der Waals surface area (Å²) < 4.78 is 11.4. The summed E-state index contributed by atoms with van der Waals surface area (Å²) in [5.41, 5.74) is 7.82. The Balaban J connectivity index is 1.62. The summed E-state index contributed by atoms with van der Waals surface area (Å²) in [6.45, 7) is 4.26. The topological polar surface area (TPSA) is 124 Å². The number of carbonyl (C=O) groups excluding carboxylic acids is 3. The number of hydrogen-bond donors (Lipinski definition) is 3. The van der Waals surface area contributed by atoms with Crippen molar-refractivity contribution in [1.82, 2.24) is 5.32 Å². The highest BCUT2D eigenvalue weighted by Crippen LogP contribution is 2.21. The molecule has 3 amide bonds. The molecule has 8 nitrogen and oxygen atoms in total. The molecular weight excluding hydrogens is 410 g/mol. The maximum Gasteiger partial charge on any atom is 0.291 e. The smallest absolute Gasteiger partial charge is 0.291 e. The van der Waals surface area contributed by atoms with Crippen LogP contribution >= 0.6 is 0 Å². The molecule has 0 fully saturated rings. The Bertz CT molecular complexity index is 1140. The summed E-state index contributed by atoms with van der Waals surface area (Å²) in [7, 11) is 0. The number of nitrogens with one attached hydrogen (secondary N) is 2. The van der Waals surface area contributed by atoms with Crippen molar-refractivity contribution in [2.75, 3.05) is 11.9 Å². The zero-order valence-corrected chi connectivity index (χ0v) is 17.9. The molecule has 8 heteroatoms. The van der Waals surface area contributed by atoms with E-state index in [4.69, 9.17) is 14.9 Å². The zero-order valence-electron chi connectivity index (χ0n) is 17.9. The lowest BCUT2D eigenvalue weighted by atomic mass is 10.1. The van der Waals surface area contributed by atoms with E-state index < -0.39 is 17.7 Å². The summed E-state index contributed by atoms with van der Waals surface area (Å²) in [4.78, 5) is 35.9. The normalized spacial score (nSPS) is 10.4. The second-order valence-electron chi connectivity index (χ2n) is 7.30. The van der Waals surface area contributed by atoms with Gasteiger partial charge in [-0.15, -0.1) is 0 Å². The van der Waals surface area contributed by atoms with Gasteiger partial charge in [-0.2, -0.15) is 0 Å². The summed E-state index contributed by atoms with van der Waals surface area (Å²) in [6.07, 6.45) is 0.0274. The van der Waals surface area contributed by atoms with Crippen LogP contribution in [0, 0.1) is 13.8 Å². The Labute approximate surface area is 185 Å². The summed E-state index contributed by atoms with van der Waals surface area (Å²) in [5.74, 6) is -0.110. The van der Waals surface area contributed by atoms with E-state index in [0.717, 1.165) is 16.9 Å². The van der Waals surface area contributed by atoms with E-state index >= 15 is 0 Å². The lowest BCUT2D eigenvalue weighted by Crippen LogP contribution is -2.28. The molecule has 32 heavy (non-hydrogen) atoms. The zero-order chi connectivity index (χ0) is 23.1. The SMILES string of the molecule is Cc1ccc(OCc2ccc(C(=O)Nc3ccccc3C(=O)NCCC(N)=O)o2)c(C)c1. The van der Waals surface area contributed by atoms with E-state index in [-0.39, 0.29) is 30.9 Å². The van der Waals surface area contributed by atoms with Gasteiger partial charge in [-0.05, 0) is 49.7 Å². The highest BCUT2D eigenvalue weighted by atomic mass is 16.5. The lowest BCUT2D eigenvalue weighted by Gasteiger charge is -2.10. The first-order chi connectivity index (χ1) is 15.3. The van der Waals surface area contributed by atoms with Crippen LogP contribution < -0.4 is 21.1 Å². The molecule has 166 valence electrons. The van der Waals surface area contributed by atoms with Crippen molar-refractivity contribution in [2.45, 2.75) is 26.9 Å². The van der Waals surface area contributed by atoms with E-state index in [0.29, 0.717) is 11.4 Å². The number of para-hydroxylation sites is 1. The summed E-state index contributed by atoms with van der Waals surface area (Å²) in [5, 5.41) is 5.28. The molecule has 3 rings (SSSR count). The number of primary amides is 1. The predicted molar refractivity (Wildman–Crippen MR) is 119 cm³/mol. The van der Waals surface area contributed by atoms with Gasteiger partial charge in [0.2, 0.25) is 5.91 Å². The van der Waals surface area contributed by atoms with E-state index in [9.17, 15) is 14.4 Å². The number of anilines is 1. The van der Waals surface area contributed by atoms with Gasteiger partial charge in [-0.1, -0.05) is 29.8 Å². The van der Waals surface area contributed by atoms with Gasteiger partial charge in [0.1, 0.15) is 18.1 Å². The molecule has 0 spiro atoms. The number of amides is 3. The first-order valence-electron chi connectivity index (χ1n) is 10.1. The molecule has 3 aromatic rings. The Hall–Kier alpha value is -4.07. The van der Waals surface area contributed by atoms with Gasteiger partial charge in [0, 0.05) is 13.0 Å².